The second-order valence-corrected chi connectivity index (χ2v) is 6.62. The smallest absolute Gasteiger partial charge is 0.124 e. The summed E-state index contributed by atoms with van der Waals surface area (Å²) in [6.45, 7) is 4.33. The highest BCUT2D eigenvalue weighted by Gasteiger charge is 2.05. The summed E-state index contributed by atoms with van der Waals surface area (Å²) in [5.41, 5.74) is 4.83. The number of hydrogen-bond donors (Lipinski definition) is 1. The molecule has 0 fully saturated rings. The molecule has 0 radical (unpaired) electrons. The van der Waals surface area contributed by atoms with E-state index >= 15 is 0 Å². The van der Waals surface area contributed by atoms with Crippen LogP contribution in [0.15, 0.2) is 72.8 Å². The van der Waals surface area contributed by atoms with E-state index in [1.54, 1.807) is 7.11 Å². The SMILES string of the molecule is COc1ccccc1CCNCc1ccccc1OCc1ccc(C)cc1. The van der Waals surface area contributed by atoms with Gasteiger partial charge in [-0.3, -0.25) is 0 Å². The molecule has 0 saturated carbocycles. The molecular formula is C24H27NO2. The number of rotatable bonds is 9. The van der Waals surface area contributed by atoms with Crippen molar-refractivity contribution in [1.82, 2.24) is 5.32 Å². The van der Waals surface area contributed by atoms with Crippen LogP contribution in [-0.2, 0) is 19.6 Å². The quantitative estimate of drug-likeness (QED) is 0.549. The molecule has 3 aromatic carbocycles. The average molecular weight is 361 g/mol. The molecular weight excluding hydrogens is 334 g/mol. The molecule has 0 heterocycles. The predicted octanol–water partition coefficient (Wildman–Crippen LogP) is 4.91. The highest BCUT2D eigenvalue weighted by atomic mass is 16.5. The van der Waals surface area contributed by atoms with E-state index in [-0.39, 0.29) is 0 Å². The van der Waals surface area contributed by atoms with Crippen LogP contribution >= 0.6 is 0 Å². The molecule has 0 saturated heterocycles. The third kappa shape index (κ3) is 5.60. The molecule has 3 nitrogen and oxygen atoms in total. The van der Waals surface area contributed by atoms with Gasteiger partial charge >= 0.3 is 0 Å². The Morgan fingerprint density at radius 2 is 1.44 bits per heavy atom. The number of benzene rings is 3. The van der Waals surface area contributed by atoms with E-state index in [9.17, 15) is 0 Å². The van der Waals surface area contributed by atoms with Crippen molar-refractivity contribution in [3.63, 3.8) is 0 Å². The van der Waals surface area contributed by atoms with Crippen molar-refractivity contribution in [2.75, 3.05) is 13.7 Å². The van der Waals surface area contributed by atoms with Crippen LogP contribution < -0.4 is 14.8 Å². The van der Waals surface area contributed by atoms with Gasteiger partial charge in [-0.2, -0.15) is 0 Å². The molecule has 0 amide bonds. The lowest BCUT2D eigenvalue weighted by molar-refractivity contribution is 0.302. The maximum atomic E-state index is 6.05. The largest absolute Gasteiger partial charge is 0.496 e. The van der Waals surface area contributed by atoms with Crippen molar-refractivity contribution in [2.45, 2.75) is 26.5 Å². The van der Waals surface area contributed by atoms with E-state index in [2.05, 4.69) is 54.7 Å². The van der Waals surface area contributed by atoms with Gasteiger partial charge < -0.3 is 14.8 Å². The summed E-state index contributed by atoms with van der Waals surface area (Å²) in [7, 11) is 1.72. The fourth-order valence-corrected chi connectivity index (χ4v) is 2.99. The molecule has 3 aromatic rings. The number of ether oxygens (including phenoxy) is 2. The van der Waals surface area contributed by atoms with Gasteiger partial charge in [0.05, 0.1) is 7.11 Å². The summed E-state index contributed by atoms with van der Waals surface area (Å²) >= 11 is 0. The number of para-hydroxylation sites is 2. The van der Waals surface area contributed by atoms with Crippen LogP contribution in [0.4, 0.5) is 0 Å². The molecule has 0 aliphatic carbocycles. The van der Waals surface area contributed by atoms with Gasteiger partial charge in [0.25, 0.3) is 0 Å². The Morgan fingerprint density at radius 3 is 2.19 bits per heavy atom. The van der Waals surface area contributed by atoms with E-state index in [4.69, 9.17) is 9.47 Å². The Bertz CT molecular complexity index is 843. The predicted molar refractivity (Wildman–Crippen MR) is 110 cm³/mol. The van der Waals surface area contributed by atoms with Gasteiger partial charge in [0.1, 0.15) is 18.1 Å². The summed E-state index contributed by atoms with van der Waals surface area (Å²) in [5.74, 6) is 1.88. The lowest BCUT2D eigenvalue weighted by atomic mass is 10.1. The van der Waals surface area contributed by atoms with Crippen LogP contribution in [0.25, 0.3) is 0 Å². The van der Waals surface area contributed by atoms with E-state index in [1.807, 2.05) is 30.3 Å². The minimum absolute atomic E-state index is 0.582. The lowest BCUT2D eigenvalue weighted by Gasteiger charge is -2.13. The van der Waals surface area contributed by atoms with Crippen molar-refractivity contribution in [1.29, 1.82) is 0 Å². The number of nitrogens with one attached hydrogen (secondary N) is 1. The first-order chi connectivity index (χ1) is 13.3. The van der Waals surface area contributed by atoms with Crippen molar-refractivity contribution >= 4 is 0 Å². The molecule has 0 aromatic heterocycles. The highest BCUT2D eigenvalue weighted by molar-refractivity contribution is 5.35. The van der Waals surface area contributed by atoms with Crippen LogP contribution in [-0.4, -0.2) is 13.7 Å². The molecule has 0 atom stereocenters. The van der Waals surface area contributed by atoms with Crippen LogP contribution in [0.1, 0.15) is 22.3 Å². The topological polar surface area (TPSA) is 30.5 Å². The van der Waals surface area contributed by atoms with Crippen LogP contribution in [0.5, 0.6) is 11.5 Å². The summed E-state index contributed by atoms with van der Waals surface area (Å²) in [4.78, 5) is 0. The van der Waals surface area contributed by atoms with Gasteiger partial charge in [-0.1, -0.05) is 66.2 Å². The second kappa shape index (κ2) is 9.79. The molecule has 0 aliphatic heterocycles. The molecule has 27 heavy (non-hydrogen) atoms. The maximum Gasteiger partial charge on any atom is 0.124 e. The number of methoxy groups -OCH3 is 1. The highest BCUT2D eigenvalue weighted by Crippen LogP contribution is 2.20. The molecule has 0 bridgehead atoms. The Kier molecular flexibility index (Phi) is 6.89. The zero-order valence-corrected chi connectivity index (χ0v) is 16.1. The molecule has 0 spiro atoms. The van der Waals surface area contributed by atoms with Gasteiger partial charge in [0.2, 0.25) is 0 Å². The Morgan fingerprint density at radius 1 is 0.778 bits per heavy atom. The van der Waals surface area contributed by atoms with Gasteiger partial charge in [-0.15, -0.1) is 0 Å². The standard InChI is InChI=1S/C24H27NO2/c1-19-11-13-20(14-12-19)18-27-24-10-6-4-8-22(24)17-25-16-15-21-7-3-5-9-23(21)26-2/h3-14,25H,15-18H2,1-2H3. The average Bonchev–Trinajstić information content (AvgIpc) is 2.72. The first-order valence-electron chi connectivity index (χ1n) is 9.35. The number of hydrogen-bond acceptors (Lipinski definition) is 3. The third-order valence-corrected chi connectivity index (χ3v) is 4.57. The van der Waals surface area contributed by atoms with E-state index in [0.29, 0.717) is 6.61 Å². The van der Waals surface area contributed by atoms with Gasteiger partial charge in [-0.05, 0) is 43.1 Å². The first kappa shape index (κ1) is 19.0. The summed E-state index contributed by atoms with van der Waals surface area (Å²) < 4.78 is 11.5. The Hall–Kier alpha value is -2.78. The van der Waals surface area contributed by atoms with Gasteiger partial charge in [0, 0.05) is 12.1 Å². The molecule has 3 rings (SSSR count). The van der Waals surface area contributed by atoms with E-state index in [1.165, 1.54) is 22.3 Å². The summed E-state index contributed by atoms with van der Waals surface area (Å²) in [6, 6.07) is 24.8. The molecule has 1 N–H and O–H groups in total. The Balaban J connectivity index is 1.52. The summed E-state index contributed by atoms with van der Waals surface area (Å²) in [6.07, 6.45) is 0.927. The zero-order valence-electron chi connectivity index (χ0n) is 16.1. The van der Waals surface area contributed by atoms with E-state index in [0.717, 1.165) is 31.0 Å². The fraction of sp³-hybridized carbons (Fsp3) is 0.250. The van der Waals surface area contributed by atoms with Gasteiger partial charge in [0.15, 0.2) is 0 Å². The zero-order chi connectivity index (χ0) is 18.9. The van der Waals surface area contributed by atoms with Crippen molar-refractivity contribution in [3.8, 4) is 11.5 Å². The van der Waals surface area contributed by atoms with Gasteiger partial charge in [-0.25, -0.2) is 0 Å². The lowest BCUT2D eigenvalue weighted by Crippen LogP contribution is -2.17. The fourth-order valence-electron chi connectivity index (χ4n) is 2.99. The maximum absolute atomic E-state index is 6.05. The van der Waals surface area contributed by atoms with Crippen molar-refractivity contribution in [3.05, 3.63) is 95.1 Å². The van der Waals surface area contributed by atoms with Crippen molar-refractivity contribution < 1.29 is 9.47 Å². The second-order valence-electron chi connectivity index (χ2n) is 6.62. The molecule has 3 heteroatoms. The van der Waals surface area contributed by atoms with Crippen molar-refractivity contribution in [2.24, 2.45) is 0 Å². The Labute approximate surface area is 162 Å². The van der Waals surface area contributed by atoms with Crippen LogP contribution in [0.2, 0.25) is 0 Å². The van der Waals surface area contributed by atoms with Crippen LogP contribution in [0.3, 0.4) is 0 Å². The minimum Gasteiger partial charge on any atom is -0.496 e. The molecule has 0 aliphatic rings. The number of aryl methyl sites for hydroxylation is 1. The van der Waals surface area contributed by atoms with E-state index < -0.39 is 0 Å². The third-order valence-electron chi connectivity index (χ3n) is 4.57. The molecule has 140 valence electrons. The molecule has 0 unspecified atom stereocenters. The first-order valence-corrected chi connectivity index (χ1v) is 9.35. The normalized spacial score (nSPS) is 10.6. The monoisotopic (exact) mass is 361 g/mol. The van der Waals surface area contributed by atoms with Crippen LogP contribution in [0, 0.1) is 6.92 Å². The summed E-state index contributed by atoms with van der Waals surface area (Å²) in [5, 5.41) is 3.51. The minimum atomic E-state index is 0.582.